The number of rotatable bonds is 12. The molecule has 0 N–H and O–H groups in total. The molecule has 41 heavy (non-hydrogen) atoms. The summed E-state index contributed by atoms with van der Waals surface area (Å²) in [6, 6.07) is 12.6. The molecule has 2 heterocycles. The van der Waals surface area contributed by atoms with E-state index in [1.807, 2.05) is 32.0 Å². The highest BCUT2D eigenvalue weighted by atomic mass is 32.2. The van der Waals surface area contributed by atoms with E-state index in [0.717, 1.165) is 42.6 Å². The molecule has 4 rings (SSSR count). The average molecular weight is 585 g/mol. The van der Waals surface area contributed by atoms with Crippen LogP contribution >= 0.6 is 0 Å². The Labute approximate surface area is 243 Å². The summed E-state index contributed by atoms with van der Waals surface area (Å²) in [7, 11) is -0.456. The molecule has 0 bridgehead atoms. The monoisotopic (exact) mass is 584 g/mol. The second-order valence-electron chi connectivity index (χ2n) is 10.9. The molecule has 1 atom stereocenters. The third kappa shape index (κ3) is 8.46. The molecular formula is C31H40N2O7S. The van der Waals surface area contributed by atoms with Crippen molar-refractivity contribution >= 4 is 16.1 Å². The SMILES string of the molecule is CN(C)S(=O)(=O)c1cccc(C#CCCOCCCCCCN2C[C@@H](c3ccc4c(c3)COC(C)(C)O4)OC2=O)c1. The van der Waals surface area contributed by atoms with Gasteiger partial charge in [0.25, 0.3) is 0 Å². The summed E-state index contributed by atoms with van der Waals surface area (Å²) >= 11 is 0. The van der Waals surface area contributed by atoms with Gasteiger partial charge in [-0.3, -0.25) is 0 Å². The van der Waals surface area contributed by atoms with E-state index in [1.54, 1.807) is 29.2 Å². The number of hydrogen-bond donors (Lipinski definition) is 0. The van der Waals surface area contributed by atoms with Crippen LogP contribution in [0.25, 0.3) is 0 Å². The van der Waals surface area contributed by atoms with Crippen LogP contribution in [0.1, 0.15) is 68.7 Å². The van der Waals surface area contributed by atoms with Crippen LogP contribution in [0.4, 0.5) is 4.79 Å². The summed E-state index contributed by atoms with van der Waals surface area (Å²) in [5.74, 6) is 6.22. The summed E-state index contributed by atoms with van der Waals surface area (Å²) in [6.07, 6.45) is 3.91. The van der Waals surface area contributed by atoms with Gasteiger partial charge in [-0.2, -0.15) is 0 Å². The summed E-state index contributed by atoms with van der Waals surface area (Å²) in [6.45, 7) is 6.66. The normalized spacial score (nSPS) is 17.9. The Morgan fingerprint density at radius 3 is 2.68 bits per heavy atom. The molecule has 2 aliphatic heterocycles. The van der Waals surface area contributed by atoms with Crippen molar-refractivity contribution in [1.82, 2.24) is 9.21 Å². The number of amides is 1. The lowest BCUT2D eigenvalue weighted by Crippen LogP contribution is -2.35. The predicted molar refractivity (Wildman–Crippen MR) is 155 cm³/mol. The number of cyclic esters (lactones) is 1. The number of carbonyl (C=O) groups excluding carboxylic acids is 1. The van der Waals surface area contributed by atoms with Gasteiger partial charge in [0.05, 0.1) is 24.7 Å². The fraction of sp³-hybridized carbons (Fsp3) is 0.516. The molecule has 0 aromatic heterocycles. The second kappa shape index (κ2) is 13.7. The zero-order valence-corrected chi connectivity index (χ0v) is 25.2. The Bertz CT molecular complexity index is 1380. The maximum atomic E-state index is 12.4. The topological polar surface area (TPSA) is 94.6 Å². The lowest BCUT2D eigenvalue weighted by atomic mass is 10.0. The lowest BCUT2D eigenvalue weighted by molar-refractivity contribution is -0.180. The Kier molecular flexibility index (Phi) is 10.3. The smallest absolute Gasteiger partial charge is 0.410 e. The number of hydrogen-bond acceptors (Lipinski definition) is 7. The Hall–Kier alpha value is -3.10. The molecule has 1 saturated heterocycles. The second-order valence-corrected chi connectivity index (χ2v) is 13.0. The maximum Gasteiger partial charge on any atom is 0.410 e. The van der Waals surface area contributed by atoms with E-state index in [9.17, 15) is 13.2 Å². The minimum atomic E-state index is -3.47. The van der Waals surface area contributed by atoms with E-state index in [4.69, 9.17) is 18.9 Å². The molecule has 0 aliphatic carbocycles. The molecule has 0 unspecified atom stereocenters. The van der Waals surface area contributed by atoms with E-state index in [0.29, 0.717) is 44.9 Å². The van der Waals surface area contributed by atoms with Gasteiger partial charge in [0, 0.05) is 58.6 Å². The third-order valence-electron chi connectivity index (χ3n) is 6.96. The number of sulfonamides is 1. The lowest BCUT2D eigenvalue weighted by Gasteiger charge is -2.32. The van der Waals surface area contributed by atoms with Gasteiger partial charge < -0.3 is 23.8 Å². The van der Waals surface area contributed by atoms with Gasteiger partial charge in [-0.1, -0.05) is 36.8 Å². The first-order chi connectivity index (χ1) is 19.5. The van der Waals surface area contributed by atoms with Gasteiger partial charge in [-0.15, -0.1) is 0 Å². The van der Waals surface area contributed by atoms with Crippen LogP contribution in [0.3, 0.4) is 0 Å². The van der Waals surface area contributed by atoms with Crippen LogP contribution in [-0.4, -0.2) is 69.9 Å². The van der Waals surface area contributed by atoms with Crippen molar-refractivity contribution in [1.29, 1.82) is 0 Å². The van der Waals surface area contributed by atoms with E-state index >= 15 is 0 Å². The zero-order valence-electron chi connectivity index (χ0n) is 24.4. The molecular weight excluding hydrogens is 544 g/mol. The van der Waals surface area contributed by atoms with Gasteiger partial charge in [0.2, 0.25) is 15.8 Å². The van der Waals surface area contributed by atoms with Crippen molar-refractivity contribution in [2.24, 2.45) is 0 Å². The maximum absolute atomic E-state index is 12.4. The number of fused-ring (bicyclic) bond motifs is 1. The standard InChI is InChI=1S/C31H40N2O7S/c1-31(2)38-23-26-21-25(15-16-28(26)40-31)29-22-33(30(34)39-29)17-8-5-6-9-18-37-19-10-7-12-24-13-11-14-27(20-24)41(35,36)32(3)4/h11,13-16,20-21,29H,5-6,8-10,17-19,22-23H2,1-4H3/t29-/m0/s1. The molecule has 2 aromatic carbocycles. The molecule has 1 fully saturated rings. The Morgan fingerprint density at radius 1 is 1.07 bits per heavy atom. The van der Waals surface area contributed by atoms with Crippen molar-refractivity contribution in [3.63, 3.8) is 0 Å². The summed E-state index contributed by atoms with van der Waals surface area (Å²) in [5, 5.41) is 0. The first-order valence-corrected chi connectivity index (χ1v) is 15.5. The highest BCUT2D eigenvalue weighted by Gasteiger charge is 2.33. The van der Waals surface area contributed by atoms with Gasteiger partial charge in [0.15, 0.2) is 0 Å². The van der Waals surface area contributed by atoms with Crippen LogP contribution in [0, 0.1) is 11.8 Å². The van der Waals surface area contributed by atoms with Gasteiger partial charge >= 0.3 is 6.09 Å². The minimum absolute atomic E-state index is 0.233. The number of ether oxygens (including phenoxy) is 4. The molecule has 222 valence electrons. The van der Waals surface area contributed by atoms with Crippen molar-refractivity contribution in [2.75, 3.05) is 40.4 Å². The number of carbonyl (C=O) groups is 1. The first-order valence-electron chi connectivity index (χ1n) is 14.1. The molecule has 9 nitrogen and oxygen atoms in total. The van der Waals surface area contributed by atoms with E-state index in [-0.39, 0.29) is 17.1 Å². The van der Waals surface area contributed by atoms with Crippen LogP contribution in [0.15, 0.2) is 47.4 Å². The molecule has 2 aliphatic rings. The summed E-state index contributed by atoms with van der Waals surface area (Å²) < 4.78 is 48.6. The summed E-state index contributed by atoms with van der Waals surface area (Å²) in [5.41, 5.74) is 2.59. The van der Waals surface area contributed by atoms with Gasteiger partial charge in [-0.05, 0) is 48.7 Å². The van der Waals surface area contributed by atoms with Crippen molar-refractivity contribution < 1.29 is 32.2 Å². The summed E-state index contributed by atoms with van der Waals surface area (Å²) in [4.78, 5) is 14.4. The van der Waals surface area contributed by atoms with Crippen LogP contribution in [0.2, 0.25) is 0 Å². The molecule has 10 heteroatoms. The quantitative estimate of drug-likeness (QED) is 0.253. The van der Waals surface area contributed by atoms with Crippen molar-refractivity contribution in [2.45, 2.75) is 69.3 Å². The van der Waals surface area contributed by atoms with E-state index in [1.165, 1.54) is 18.4 Å². The van der Waals surface area contributed by atoms with Crippen LogP contribution in [-0.2, 0) is 30.8 Å². The van der Waals surface area contributed by atoms with E-state index in [2.05, 4.69) is 11.8 Å². The highest BCUT2D eigenvalue weighted by molar-refractivity contribution is 7.89. The van der Waals surface area contributed by atoms with Gasteiger partial charge in [0.1, 0.15) is 11.9 Å². The Balaban J connectivity index is 1.08. The molecule has 0 saturated carbocycles. The highest BCUT2D eigenvalue weighted by Crippen LogP contribution is 2.35. The molecule has 0 radical (unpaired) electrons. The minimum Gasteiger partial charge on any atom is -0.463 e. The number of benzene rings is 2. The van der Waals surface area contributed by atoms with Crippen molar-refractivity contribution in [3.8, 4) is 17.6 Å². The predicted octanol–water partition coefficient (Wildman–Crippen LogP) is 5.09. The fourth-order valence-electron chi connectivity index (χ4n) is 4.62. The third-order valence-corrected chi connectivity index (χ3v) is 8.77. The molecule has 0 spiro atoms. The first kappa shape index (κ1) is 30.8. The van der Waals surface area contributed by atoms with Gasteiger partial charge in [-0.25, -0.2) is 17.5 Å². The number of nitrogens with zero attached hydrogens (tertiary/aromatic N) is 2. The van der Waals surface area contributed by atoms with E-state index < -0.39 is 15.8 Å². The van der Waals surface area contributed by atoms with Crippen LogP contribution in [0.5, 0.6) is 5.75 Å². The largest absolute Gasteiger partial charge is 0.463 e. The number of unbranched alkanes of at least 4 members (excludes halogenated alkanes) is 3. The Morgan fingerprint density at radius 2 is 1.88 bits per heavy atom. The van der Waals surface area contributed by atoms with Crippen LogP contribution < -0.4 is 4.74 Å². The molecule has 2 aromatic rings. The zero-order chi connectivity index (χ0) is 29.5. The molecule has 1 amide bonds. The van der Waals surface area contributed by atoms with Crippen molar-refractivity contribution in [3.05, 3.63) is 59.2 Å². The average Bonchev–Trinajstić information content (AvgIpc) is 3.31. The fourth-order valence-corrected chi connectivity index (χ4v) is 5.57.